The molecular weight excluding hydrogens is 241 g/mol. The molecular formula is C15H24FN3. The molecule has 0 radical (unpaired) electrons. The van der Waals surface area contributed by atoms with Crippen molar-refractivity contribution in [3.8, 4) is 0 Å². The molecule has 1 heterocycles. The predicted molar refractivity (Wildman–Crippen MR) is 77.9 cm³/mol. The number of likely N-dealkylation sites (N-methyl/N-ethyl adjacent to an activating group) is 1. The first-order chi connectivity index (χ1) is 8.91. The largest absolute Gasteiger partial charge is 0.367 e. The molecule has 2 rings (SSSR count). The molecule has 2 unspecified atom stereocenters. The van der Waals surface area contributed by atoms with Gasteiger partial charge in [0.1, 0.15) is 5.82 Å². The van der Waals surface area contributed by atoms with Crippen LogP contribution in [0.15, 0.2) is 18.2 Å². The third kappa shape index (κ3) is 2.74. The highest BCUT2D eigenvalue weighted by Crippen LogP contribution is 2.33. The number of rotatable bonds is 3. The minimum Gasteiger partial charge on any atom is -0.367 e. The number of benzene rings is 1. The maximum atomic E-state index is 14.2. The third-order valence-electron chi connectivity index (χ3n) is 4.06. The van der Waals surface area contributed by atoms with Gasteiger partial charge in [-0.05, 0) is 38.6 Å². The molecule has 0 amide bonds. The minimum absolute atomic E-state index is 0.153. The Morgan fingerprint density at radius 3 is 2.58 bits per heavy atom. The summed E-state index contributed by atoms with van der Waals surface area (Å²) < 4.78 is 14.2. The van der Waals surface area contributed by atoms with Crippen molar-refractivity contribution in [2.24, 2.45) is 11.7 Å². The Labute approximate surface area is 115 Å². The van der Waals surface area contributed by atoms with Gasteiger partial charge in [0.2, 0.25) is 0 Å². The summed E-state index contributed by atoms with van der Waals surface area (Å²) in [6, 6.07) is 5.49. The predicted octanol–water partition coefficient (Wildman–Crippen LogP) is 2.23. The smallest absolute Gasteiger partial charge is 0.146 e. The van der Waals surface area contributed by atoms with Crippen molar-refractivity contribution in [1.82, 2.24) is 4.90 Å². The number of hydrogen-bond acceptors (Lipinski definition) is 3. The summed E-state index contributed by atoms with van der Waals surface area (Å²) in [4.78, 5) is 4.36. The van der Waals surface area contributed by atoms with E-state index in [4.69, 9.17) is 5.73 Å². The van der Waals surface area contributed by atoms with Crippen LogP contribution >= 0.6 is 0 Å². The fourth-order valence-corrected chi connectivity index (χ4v) is 3.04. The molecule has 3 atom stereocenters. The van der Waals surface area contributed by atoms with Gasteiger partial charge in [0, 0.05) is 25.2 Å². The molecule has 0 aromatic heterocycles. The number of nitrogens with zero attached hydrogens (tertiary/aromatic N) is 2. The van der Waals surface area contributed by atoms with Gasteiger partial charge in [-0.3, -0.25) is 0 Å². The first kappa shape index (κ1) is 14.3. The highest BCUT2D eigenvalue weighted by atomic mass is 19.1. The summed E-state index contributed by atoms with van der Waals surface area (Å²) >= 11 is 0. The van der Waals surface area contributed by atoms with E-state index >= 15 is 0 Å². The van der Waals surface area contributed by atoms with Crippen molar-refractivity contribution in [1.29, 1.82) is 0 Å². The average molecular weight is 265 g/mol. The lowest BCUT2D eigenvalue weighted by Crippen LogP contribution is -2.34. The Hall–Kier alpha value is -1.13. The minimum atomic E-state index is -0.165. The van der Waals surface area contributed by atoms with E-state index in [2.05, 4.69) is 30.8 Å². The maximum absolute atomic E-state index is 14.2. The Morgan fingerprint density at radius 2 is 2.05 bits per heavy atom. The zero-order chi connectivity index (χ0) is 14.2. The molecule has 2 N–H and O–H groups in total. The molecule has 0 bridgehead atoms. The van der Waals surface area contributed by atoms with Crippen LogP contribution in [-0.4, -0.2) is 38.1 Å². The molecule has 106 valence electrons. The fraction of sp³-hybridized carbons (Fsp3) is 0.600. The summed E-state index contributed by atoms with van der Waals surface area (Å²) in [6.45, 7) is 5.86. The van der Waals surface area contributed by atoms with Crippen LogP contribution in [0.1, 0.15) is 25.5 Å². The molecule has 4 heteroatoms. The van der Waals surface area contributed by atoms with Gasteiger partial charge in [-0.15, -0.1) is 0 Å². The number of nitrogens with two attached hydrogens (primary N) is 1. The summed E-state index contributed by atoms with van der Waals surface area (Å²) in [6.07, 6.45) is 0. The van der Waals surface area contributed by atoms with Gasteiger partial charge >= 0.3 is 0 Å². The van der Waals surface area contributed by atoms with E-state index in [1.165, 1.54) is 6.07 Å². The van der Waals surface area contributed by atoms with E-state index in [1.54, 1.807) is 6.07 Å². The molecule has 19 heavy (non-hydrogen) atoms. The molecule has 1 aromatic rings. The molecule has 1 saturated heterocycles. The summed E-state index contributed by atoms with van der Waals surface area (Å²) in [5.74, 6) is 0.358. The second kappa shape index (κ2) is 5.47. The van der Waals surface area contributed by atoms with Gasteiger partial charge < -0.3 is 15.5 Å². The molecule has 0 aliphatic carbocycles. The number of halogens is 1. The molecule has 0 saturated carbocycles. The lowest BCUT2D eigenvalue weighted by molar-refractivity contribution is 0.266. The van der Waals surface area contributed by atoms with E-state index in [1.807, 2.05) is 13.0 Å². The van der Waals surface area contributed by atoms with Crippen LogP contribution in [0.3, 0.4) is 0 Å². The second-order valence-corrected chi connectivity index (χ2v) is 5.88. The lowest BCUT2D eigenvalue weighted by Gasteiger charge is -2.25. The van der Waals surface area contributed by atoms with Crippen LogP contribution in [0.5, 0.6) is 0 Å². The first-order valence-electron chi connectivity index (χ1n) is 6.87. The normalized spacial score (nSPS) is 25.1. The van der Waals surface area contributed by atoms with Gasteiger partial charge in [0.25, 0.3) is 0 Å². The van der Waals surface area contributed by atoms with Gasteiger partial charge in [0.15, 0.2) is 0 Å². The van der Waals surface area contributed by atoms with E-state index in [-0.39, 0.29) is 11.9 Å². The van der Waals surface area contributed by atoms with Gasteiger partial charge in [-0.25, -0.2) is 4.39 Å². The van der Waals surface area contributed by atoms with E-state index in [9.17, 15) is 4.39 Å². The first-order valence-corrected chi connectivity index (χ1v) is 6.87. The Bertz CT molecular complexity index is 445. The third-order valence-corrected chi connectivity index (χ3v) is 4.06. The van der Waals surface area contributed by atoms with Crippen molar-refractivity contribution >= 4 is 5.69 Å². The van der Waals surface area contributed by atoms with Gasteiger partial charge in [0.05, 0.1) is 5.69 Å². The van der Waals surface area contributed by atoms with E-state index < -0.39 is 0 Å². The quantitative estimate of drug-likeness (QED) is 0.909. The molecule has 0 spiro atoms. The van der Waals surface area contributed by atoms with Crippen molar-refractivity contribution in [2.45, 2.75) is 25.9 Å². The van der Waals surface area contributed by atoms with Crippen molar-refractivity contribution in [2.75, 3.05) is 32.1 Å². The summed E-state index contributed by atoms with van der Waals surface area (Å²) in [5, 5.41) is 0. The fourth-order valence-electron chi connectivity index (χ4n) is 3.04. The highest BCUT2D eigenvalue weighted by molar-refractivity contribution is 5.57. The molecule has 3 nitrogen and oxygen atoms in total. The van der Waals surface area contributed by atoms with Crippen molar-refractivity contribution in [3.05, 3.63) is 29.6 Å². The van der Waals surface area contributed by atoms with Crippen LogP contribution in [0.2, 0.25) is 0 Å². The Balaban J connectivity index is 2.33. The topological polar surface area (TPSA) is 32.5 Å². The summed E-state index contributed by atoms with van der Waals surface area (Å²) in [7, 11) is 4.16. The van der Waals surface area contributed by atoms with Crippen molar-refractivity contribution < 1.29 is 4.39 Å². The number of hydrogen-bond donors (Lipinski definition) is 1. The SMILES string of the molecule is CC1CN(c2c(F)cccc2[C@H](C)N)CC1N(C)C. The monoisotopic (exact) mass is 265 g/mol. The maximum Gasteiger partial charge on any atom is 0.146 e. The van der Waals surface area contributed by atoms with Gasteiger partial charge in [-0.2, -0.15) is 0 Å². The van der Waals surface area contributed by atoms with E-state index in [0.29, 0.717) is 17.6 Å². The number of anilines is 1. The van der Waals surface area contributed by atoms with Gasteiger partial charge in [-0.1, -0.05) is 19.1 Å². The van der Waals surface area contributed by atoms with Crippen LogP contribution in [-0.2, 0) is 0 Å². The van der Waals surface area contributed by atoms with Crippen LogP contribution in [0, 0.1) is 11.7 Å². The molecule has 1 fully saturated rings. The highest BCUT2D eigenvalue weighted by Gasteiger charge is 2.33. The second-order valence-electron chi connectivity index (χ2n) is 5.88. The standard InChI is InChI=1S/C15H24FN3/c1-10-8-19(9-14(10)18(3)4)15-12(11(2)17)6-5-7-13(15)16/h5-7,10-11,14H,8-9,17H2,1-4H3/t10?,11-,14?/m0/s1. The molecule has 1 aliphatic heterocycles. The van der Waals surface area contributed by atoms with Crippen LogP contribution in [0.4, 0.5) is 10.1 Å². The molecule has 1 aromatic carbocycles. The van der Waals surface area contributed by atoms with Crippen LogP contribution < -0.4 is 10.6 Å². The number of para-hydroxylation sites is 1. The lowest BCUT2D eigenvalue weighted by atomic mass is 10.1. The summed E-state index contributed by atoms with van der Waals surface area (Å²) in [5.41, 5.74) is 7.56. The average Bonchev–Trinajstić information content (AvgIpc) is 2.70. The Kier molecular flexibility index (Phi) is 4.11. The molecule has 1 aliphatic rings. The van der Waals surface area contributed by atoms with Crippen LogP contribution in [0.25, 0.3) is 0 Å². The zero-order valence-electron chi connectivity index (χ0n) is 12.2. The zero-order valence-corrected chi connectivity index (χ0v) is 12.2. The van der Waals surface area contributed by atoms with E-state index in [0.717, 1.165) is 18.7 Å². The Morgan fingerprint density at radius 1 is 1.37 bits per heavy atom. The van der Waals surface area contributed by atoms with Crippen molar-refractivity contribution in [3.63, 3.8) is 0 Å².